The highest BCUT2D eigenvalue weighted by molar-refractivity contribution is 8.00. The quantitative estimate of drug-likeness (QED) is 0.280. The maximum Gasteiger partial charge on any atom is 0.220 e. The fourth-order valence-electron chi connectivity index (χ4n) is 7.26. The Bertz CT molecular complexity index is 711. The molecule has 4 aliphatic rings. The number of aliphatic hydroxyl groups is 2. The number of thioether (sulfide) groups is 1. The van der Waals surface area contributed by atoms with Crippen LogP contribution in [0.15, 0.2) is 0 Å². The van der Waals surface area contributed by atoms with Crippen LogP contribution >= 0.6 is 11.8 Å². The van der Waals surface area contributed by atoms with Gasteiger partial charge in [0.2, 0.25) is 5.91 Å². The summed E-state index contributed by atoms with van der Waals surface area (Å²) in [5.74, 6) is 0.466. The molecule has 8 unspecified atom stereocenters. The minimum Gasteiger partial charge on any atom is -0.396 e. The summed E-state index contributed by atoms with van der Waals surface area (Å²) in [6.45, 7) is 12.5. The van der Waals surface area contributed by atoms with Gasteiger partial charge in [-0.3, -0.25) is 20.3 Å². The van der Waals surface area contributed by atoms with Gasteiger partial charge in [-0.15, -0.1) is 11.8 Å². The van der Waals surface area contributed by atoms with Gasteiger partial charge in [-0.05, 0) is 49.5 Å². The number of aliphatic hydroxyl groups excluding tert-OH is 2. The van der Waals surface area contributed by atoms with E-state index >= 15 is 0 Å². The van der Waals surface area contributed by atoms with Crippen LogP contribution in [0.1, 0.15) is 59.3 Å². The molecule has 2 aliphatic heterocycles. The second kappa shape index (κ2) is 12.0. The molecule has 4 fully saturated rings. The van der Waals surface area contributed by atoms with Crippen molar-refractivity contribution in [3.8, 4) is 0 Å². The number of carbonyl (C=O) groups excluding carboxylic acids is 1. The molecule has 8 nitrogen and oxygen atoms in total. The molecule has 0 aromatic rings. The van der Waals surface area contributed by atoms with Crippen LogP contribution < -0.4 is 16.0 Å². The van der Waals surface area contributed by atoms with Crippen LogP contribution in [0, 0.1) is 22.7 Å². The van der Waals surface area contributed by atoms with E-state index in [1.165, 1.54) is 0 Å². The number of fused-ring (bicyclic) bond motifs is 2. The average molecular weight is 513 g/mol. The number of morpholine rings is 1. The van der Waals surface area contributed by atoms with Crippen LogP contribution in [0.4, 0.5) is 0 Å². The monoisotopic (exact) mass is 512 g/mol. The molecule has 0 radical (unpaired) electrons. The average Bonchev–Trinajstić information content (AvgIpc) is 3.26. The lowest BCUT2D eigenvalue weighted by Gasteiger charge is -2.61. The first kappa shape index (κ1) is 27.6. The molecule has 0 bridgehead atoms. The third-order valence-electron chi connectivity index (χ3n) is 9.57. The molecule has 9 heteroatoms. The standard InChI is InChI=1S/C26H48N4O4S/c1-4-5-8-28-24-29-23-18(15-22(33)27-9-10-30-11-13-34-14-12-30)25(2)7-6-21(32)26(3,17-31)20(25)16-19(23)35-24/h18-21,23-24,28-29,31-32H,4-17H2,1-3H3,(H,27,33). The third-order valence-corrected chi connectivity index (χ3v) is 11.0. The van der Waals surface area contributed by atoms with Crippen LogP contribution in [-0.4, -0.2) is 96.5 Å². The number of rotatable bonds is 10. The normalized spacial score (nSPS) is 41.9. The van der Waals surface area contributed by atoms with Gasteiger partial charge >= 0.3 is 0 Å². The molecule has 2 heterocycles. The van der Waals surface area contributed by atoms with Crippen LogP contribution in [-0.2, 0) is 9.53 Å². The number of hydrogen-bond donors (Lipinski definition) is 5. The molecule has 1 amide bonds. The van der Waals surface area contributed by atoms with Gasteiger partial charge in [0.1, 0.15) is 5.50 Å². The molecule has 2 aliphatic carbocycles. The van der Waals surface area contributed by atoms with Crippen molar-refractivity contribution in [2.45, 2.75) is 82.2 Å². The van der Waals surface area contributed by atoms with Gasteiger partial charge in [0, 0.05) is 49.3 Å². The maximum absolute atomic E-state index is 13.2. The topological polar surface area (TPSA) is 106 Å². The van der Waals surface area contributed by atoms with Gasteiger partial charge in [0.25, 0.3) is 0 Å². The van der Waals surface area contributed by atoms with Crippen molar-refractivity contribution in [2.24, 2.45) is 22.7 Å². The Morgan fingerprint density at radius 2 is 2.03 bits per heavy atom. The Morgan fingerprint density at radius 3 is 2.74 bits per heavy atom. The van der Waals surface area contributed by atoms with Crippen molar-refractivity contribution in [3.05, 3.63) is 0 Å². The molecule has 4 rings (SSSR count). The molecule has 5 N–H and O–H groups in total. The molecule has 0 aromatic carbocycles. The molecule has 0 aromatic heterocycles. The Hall–Kier alpha value is -0.420. The minimum atomic E-state index is -0.530. The fourth-order valence-corrected chi connectivity index (χ4v) is 8.80. The lowest BCUT2D eigenvalue weighted by Crippen LogP contribution is -2.64. The first-order valence-corrected chi connectivity index (χ1v) is 14.8. The number of hydrogen-bond acceptors (Lipinski definition) is 8. The van der Waals surface area contributed by atoms with Gasteiger partial charge in [-0.2, -0.15) is 0 Å². The zero-order valence-corrected chi connectivity index (χ0v) is 22.7. The van der Waals surface area contributed by atoms with Crippen molar-refractivity contribution in [1.29, 1.82) is 0 Å². The minimum absolute atomic E-state index is 0.0133. The first-order valence-electron chi connectivity index (χ1n) is 13.8. The number of unbranched alkanes of at least 4 members (excludes halogenated alkanes) is 1. The highest BCUT2D eigenvalue weighted by atomic mass is 32.2. The van der Waals surface area contributed by atoms with Gasteiger partial charge in [-0.1, -0.05) is 27.2 Å². The van der Waals surface area contributed by atoms with Gasteiger partial charge < -0.3 is 20.3 Å². The predicted octanol–water partition coefficient (Wildman–Crippen LogP) is 1.37. The molecular weight excluding hydrogens is 464 g/mol. The van der Waals surface area contributed by atoms with Crippen LogP contribution in [0.2, 0.25) is 0 Å². The highest BCUT2D eigenvalue weighted by Gasteiger charge is 2.62. The lowest BCUT2D eigenvalue weighted by atomic mass is 9.46. The zero-order chi connectivity index (χ0) is 25.1. The number of nitrogens with zero attached hydrogens (tertiary/aromatic N) is 1. The van der Waals surface area contributed by atoms with E-state index in [4.69, 9.17) is 4.74 Å². The molecule has 8 atom stereocenters. The van der Waals surface area contributed by atoms with E-state index < -0.39 is 11.5 Å². The van der Waals surface area contributed by atoms with E-state index in [-0.39, 0.29) is 41.3 Å². The molecule has 35 heavy (non-hydrogen) atoms. The van der Waals surface area contributed by atoms with E-state index in [0.29, 0.717) is 24.6 Å². The predicted molar refractivity (Wildman–Crippen MR) is 140 cm³/mol. The van der Waals surface area contributed by atoms with Crippen LogP contribution in [0.3, 0.4) is 0 Å². The van der Waals surface area contributed by atoms with Gasteiger partial charge in [0.15, 0.2) is 0 Å². The number of nitrogens with one attached hydrogen (secondary N) is 3. The molecular formula is C26H48N4O4S. The Labute approximate surface area is 215 Å². The smallest absolute Gasteiger partial charge is 0.220 e. The maximum atomic E-state index is 13.2. The van der Waals surface area contributed by atoms with E-state index in [9.17, 15) is 15.0 Å². The summed E-state index contributed by atoms with van der Waals surface area (Å²) < 4.78 is 5.42. The number of ether oxygens (including phenoxy) is 1. The van der Waals surface area contributed by atoms with Crippen molar-refractivity contribution >= 4 is 17.7 Å². The molecule has 0 spiro atoms. The largest absolute Gasteiger partial charge is 0.396 e. The Morgan fingerprint density at radius 1 is 1.26 bits per heavy atom. The molecule has 2 saturated carbocycles. The summed E-state index contributed by atoms with van der Waals surface area (Å²) in [6.07, 6.45) is 4.85. The van der Waals surface area contributed by atoms with E-state index in [1.807, 2.05) is 11.8 Å². The Balaban J connectivity index is 1.47. The summed E-state index contributed by atoms with van der Waals surface area (Å²) in [4.78, 5) is 15.6. The van der Waals surface area contributed by atoms with Crippen molar-refractivity contribution in [3.63, 3.8) is 0 Å². The summed E-state index contributed by atoms with van der Waals surface area (Å²) in [5.41, 5.74) is -0.444. The fraction of sp³-hybridized carbons (Fsp3) is 0.962. The summed E-state index contributed by atoms with van der Waals surface area (Å²) in [6, 6.07) is 0.253. The highest BCUT2D eigenvalue weighted by Crippen LogP contribution is 2.63. The lowest BCUT2D eigenvalue weighted by molar-refractivity contribution is -0.167. The number of carbonyl (C=O) groups is 1. The summed E-state index contributed by atoms with van der Waals surface area (Å²) in [7, 11) is 0. The van der Waals surface area contributed by atoms with E-state index in [1.54, 1.807) is 0 Å². The van der Waals surface area contributed by atoms with Gasteiger partial charge in [0.05, 0.1) is 25.9 Å². The SMILES string of the molecule is CCCCNC1NC2C(CC3C(C)(CO)C(O)CCC3(C)C2CC(=O)NCCN2CCOCC2)S1. The summed E-state index contributed by atoms with van der Waals surface area (Å²) in [5, 5.41) is 32.4. The van der Waals surface area contributed by atoms with Crippen LogP contribution in [0.5, 0.6) is 0 Å². The number of amides is 1. The molecule has 202 valence electrons. The second-order valence-corrected chi connectivity index (χ2v) is 13.0. The zero-order valence-electron chi connectivity index (χ0n) is 21.9. The van der Waals surface area contributed by atoms with Crippen molar-refractivity contribution in [2.75, 3.05) is 52.5 Å². The van der Waals surface area contributed by atoms with Crippen molar-refractivity contribution < 1.29 is 19.7 Å². The van der Waals surface area contributed by atoms with Crippen molar-refractivity contribution in [1.82, 2.24) is 20.9 Å². The second-order valence-electron chi connectivity index (χ2n) is 11.7. The molecule has 2 saturated heterocycles. The van der Waals surface area contributed by atoms with E-state index in [0.717, 1.165) is 65.1 Å². The first-order chi connectivity index (χ1) is 16.8. The van der Waals surface area contributed by atoms with Gasteiger partial charge in [-0.25, -0.2) is 0 Å². The Kier molecular flexibility index (Phi) is 9.44. The summed E-state index contributed by atoms with van der Waals surface area (Å²) >= 11 is 1.94. The van der Waals surface area contributed by atoms with Crippen LogP contribution in [0.25, 0.3) is 0 Å². The third kappa shape index (κ3) is 5.86. The van der Waals surface area contributed by atoms with E-state index in [2.05, 4.69) is 41.6 Å².